The van der Waals surface area contributed by atoms with Crippen molar-refractivity contribution in [3.8, 4) is 0 Å². The molecule has 1 aromatic carbocycles. The third-order valence-corrected chi connectivity index (χ3v) is 4.96. The lowest BCUT2D eigenvalue weighted by Crippen LogP contribution is -2.38. The van der Waals surface area contributed by atoms with Crippen LogP contribution in [0, 0.1) is 0 Å². The first-order valence-corrected chi connectivity index (χ1v) is 7.54. The summed E-state index contributed by atoms with van der Waals surface area (Å²) in [5.41, 5.74) is 8.20. The van der Waals surface area contributed by atoms with Crippen molar-refractivity contribution in [2.24, 2.45) is 0 Å². The first-order chi connectivity index (χ1) is 8.04. The summed E-state index contributed by atoms with van der Waals surface area (Å²) in [6.07, 6.45) is 2.47. The zero-order valence-electron chi connectivity index (χ0n) is 10.0. The number of hydrogen-bond donors (Lipinski definition) is 1. The Morgan fingerprint density at radius 1 is 1.35 bits per heavy atom. The molecule has 0 aromatic heterocycles. The number of sulfonamides is 1. The van der Waals surface area contributed by atoms with Crippen molar-refractivity contribution in [1.82, 2.24) is 0 Å². The summed E-state index contributed by atoms with van der Waals surface area (Å²) in [4.78, 5) is 0. The lowest BCUT2D eigenvalue weighted by molar-refractivity contribution is 0.574. The Morgan fingerprint density at radius 3 is 2.76 bits per heavy atom. The van der Waals surface area contributed by atoms with E-state index in [-0.39, 0.29) is 5.75 Å². The zero-order valence-corrected chi connectivity index (χ0v) is 10.8. The molecular formula is C12H18N2O2S. The largest absolute Gasteiger partial charge is 0.399 e. The minimum atomic E-state index is -3.13. The quantitative estimate of drug-likeness (QED) is 0.818. The molecule has 0 amide bonds. The fourth-order valence-electron chi connectivity index (χ4n) is 2.19. The molecule has 0 atom stereocenters. The maximum atomic E-state index is 12.0. The Bertz CT molecular complexity index is 511. The minimum Gasteiger partial charge on any atom is -0.399 e. The molecular weight excluding hydrogens is 236 g/mol. The van der Waals surface area contributed by atoms with E-state index in [1.807, 2.05) is 19.1 Å². The number of hydrogen-bond acceptors (Lipinski definition) is 3. The van der Waals surface area contributed by atoms with E-state index >= 15 is 0 Å². The van der Waals surface area contributed by atoms with Crippen LogP contribution in [0.25, 0.3) is 0 Å². The first kappa shape index (κ1) is 12.2. The van der Waals surface area contributed by atoms with Gasteiger partial charge in [-0.05, 0) is 43.0 Å². The van der Waals surface area contributed by atoms with E-state index in [0.717, 1.165) is 30.5 Å². The lowest BCUT2D eigenvalue weighted by atomic mass is 10.1. The van der Waals surface area contributed by atoms with E-state index in [1.54, 1.807) is 6.07 Å². The Labute approximate surface area is 102 Å². The molecule has 1 aromatic rings. The summed E-state index contributed by atoms with van der Waals surface area (Å²) in [5, 5.41) is 0. The molecule has 1 saturated heterocycles. The molecule has 0 unspecified atom stereocenters. The van der Waals surface area contributed by atoms with Crippen LogP contribution in [0.2, 0.25) is 0 Å². The van der Waals surface area contributed by atoms with Crippen molar-refractivity contribution >= 4 is 21.4 Å². The fourth-order valence-corrected chi connectivity index (χ4v) is 3.87. The highest BCUT2D eigenvalue weighted by molar-refractivity contribution is 7.92. The first-order valence-electron chi connectivity index (χ1n) is 5.93. The van der Waals surface area contributed by atoms with Gasteiger partial charge in [0.05, 0.1) is 11.4 Å². The van der Waals surface area contributed by atoms with Crippen LogP contribution in [0.5, 0.6) is 0 Å². The smallest absolute Gasteiger partial charge is 0.235 e. The highest BCUT2D eigenvalue weighted by Crippen LogP contribution is 2.28. The summed E-state index contributed by atoms with van der Waals surface area (Å²) < 4.78 is 25.6. The highest BCUT2D eigenvalue weighted by Gasteiger charge is 2.27. The van der Waals surface area contributed by atoms with Crippen LogP contribution >= 0.6 is 0 Å². The Hall–Kier alpha value is -1.23. The van der Waals surface area contributed by atoms with E-state index < -0.39 is 10.0 Å². The molecule has 17 heavy (non-hydrogen) atoms. The van der Waals surface area contributed by atoms with Crippen LogP contribution in [0.3, 0.4) is 0 Å². The van der Waals surface area contributed by atoms with Gasteiger partial charge in [0.1, 0.15) is 0 Å². The molecule has 0 saturated carbocycles. The molecule has 1 aliphatic heterocycles. The zero-order chi connectivity index (χ0) is 12.5. The van der Waals surface area contributed by atoms with E-state index in [0.29, 0.717) is 12.2 Å². The molecule has 1 fully saturated rings. The van der Waals surface area contributed by atoms with E-state index in [2.05, 4.69) is 0 Å². The lowest BCUT2D eigenvalue weighted by Gasteiger charge is -2.30. The van der Waals surface area contributed by atoms with Crippen molar-refractivity contribution < 1.29 is 8.42 Å². The van der Waals surface area contributed by atoms with E-state index in [9.17, 15) is 8.42 Å². The topological polar surface area (TPSA) is 63.4 Å². The van der Waals surface area contributed by atoms with Gasteiger partial charge < -0.3 is 5.73 Å². The second kappa shape index (κ2) is 4.56. The molecule has 1 heterocycles. The third-order valence-electron chi connectivity index (χ3n) is 3.10. The van der Waals surface area contributed by atoms with Gasteiger partial charge >= 0.3 is 0 Å². The van der Waals surface area contributed by atoms with Gasteiger partial charge in [-0.25, -0.2) is 8.42 Å². The van der Waals surface area contributed by atoms with Crippen LogP contribution in [0.15, 0.2) is 18.2 Å². The van der Waals surface area contributed by atoms with Crippen LogP contribution in [0.1, 0.15) is 25.3 Å². The molecule has 94 valence electrons. The van der Waals surface area contributed by atoms with Crippen molar-refractivity contribution in [3.63, 3.8) is 0 Å². The monoisotopic (exact) mass is 254 g/mol. The van der Waals surface area contributed by atoms with Crippen LogP contribution in [-0.2, 0) is 16.4 Å². The molecule has 0 aliphatic carbocycles. The number of nitrogens with two attached hydrogens (primary N) is 1. The summed E-state index contributed by atoms with van der Waals surface area (Å²) in [5.74, 6) is 0.251. The highest BCUT2D eigenvalue weighted by atomic mass is 32.2. The van der Waals surface area contributed by atoms with Crippen molar-refractivity contribution in [2.75, 3.05) is 22.3 Å². The summed E-state index contributed by atoms with van der Waals surface area (Å²) in [6.45, 7) is 2.59. The second-order valence-corrected chi connectivity index (χ2v) is 6.35. The predicted molar refractivity (Wildman–Crippen MR) is 70.6 cm³/mol. The minimum absolute atomic E-state index is 0.251. The Morgan fingerprint density at radius 2 is 2.12 bits per heavy atom. The molecule has 4 nitrogen and oxygen atoms in total. The van der Waals surface area contributed by atoms with Gasteiger partial charge in [-0.2, -0.15) is 0 Å². The Kier molecular flexibility index (Phi) is 3.28. The third kappa shape index (κ3) is 2.39. The number of anilines is 2. The van der Waals surface area contributed by atoms with Gasteiger partial charge in [0, 0.05) is 12.2 Å². The van der Waals surface area contributed by atoms with Crippen LogP contribution in [0.4, 0.5) is 11.4 Å². The predicted octanol–water partition coefficient (Wildman–Crippen LogP) is 1.76. The summed E-state index contributed by atoms with van der Waals surface area (Å²) in [6, 6.07) is 5.44. The normalized spacial score (nSPS) is 19.2. The average molecular weight is 254 g/mol. The number of nitrogens with zero attached hydrogens (tertiary/aromatic N) is 1. The molecule has 2 N–H and O–H groups in total. The van der Waals surface area contributed by atoms with Crippen molar-refractivity contribution in [1.29, 1.82) is 0 Å². The van der Waals surface area contributed by atoms with Gasteiger partial charge in [0.15, 0.2) is 0 Å². The van der Waals surface area contributed by atoms with Crippen molar-refractivity contribution in [3.05, 3.63) is 23.8 Å². The second-order valence-electron chi connectivity index (χ2n) is 4.34. The Balaban J connectivity index is 2.45. The van der Waals surface area contributed by atoms with Crippen molar-refractivity contribution in [2.45, 2.75) is 26.2 Å². The standard InChI is InChI=1S/C12H18N2O2S/c1-2-10-9-11(13)5-6-12(10)14-7-3-4-8-17(14,15)16/h5-6,9H,2-4,7-8,13H2,1H3. The molecule has 5 heteroatoms. The van der Waals surface area contributed by atoms with Crippen LogP contribution < -0.4 is 10.0 Å². The number of nitrogen functional groups attached to an aromatic ring is 1. The molecule has 0 spiro atoms. The maximum absolute atomic E-state index is 12.0. The van der Waals surface area contributed by atoms with Crippen LogP contribution in [-0.4, -0.2) is 20.7 Å². The summed E-state index contributed by atoms with van der Waals surface area (Å²) in [7, 11) is -3.13. The van der Waals surface area contributed by atoms with Gasteiger partial charge in [-0.15, -0.1) is 0 Å². The fraction of sp³-hybridized carbons (Fsp3) is 0.500. The molecule has 0 bridgehead atoms. The van der Waals surface area contributed by atoms with Gasteiger partial charge in [-0.1, -0.05) is 6.92 Å². The van der Waals surface area contributed by atoms with E-state index in [4.69, 9.17) is 5.73 Å². The average Bonchev–Trinajstić information content (AvgIpc) is 2.29. The van der Waals surface area contributed by atoms with Gasteiger partial charge in [-0.3, -0.25) is 4.31 Å². The SMILES string of the molecule is CCc1cc(N)ccc1N1CCCCS1(=O)=O. The molecule has 2 rings (SSSR count). The number of aryl methyl sites for hydroxylation is 1. The van der Waals surface area contributed by atoms with Gasteiger partial charge in [0.2, 0.25) is 10.0 Å². The molecule has 1 aliphatic rings. The number of rotatable bonds is 2. The number of benzene rings is 1. The summed E-state index contributed by atoms with van der Waals surface area (Å²) >= 11 is 0. The van der Waals surface area contributed by atoms with E-state index in [1.165, 1.54) is 4.31 Å². The van der Waals surface area contributed by atoms with Gasteiger partial charge in [0.25, 0.3) is 0 Å². The maximum Gasteiger partial charge on any atom is 0.235 e. The molecule has 0 radical (unpaired) electrons.